The number of methoxy groups -OCH3 is 1. The molecule has 7 nitrogen and oxygen atoms in total. The highest BCUT2D eigenvalue weighted by Crippen LogP contribution is 2.22. The first-order chi connectivity index (χ1) is 13.5. The third-order valence-electron chi connectivity index (χ3n) is 4.00. The molecule has 148 valence electrons. The lowest BCUT2D eigenvalue weighted by Gasteiger charge is -2.24. The molecule has 2 heterocycles. The number of rotatable bonds is 9. The highest BCUT2D eigenvalue weighted by Gasteiger charge is 2.21. The molecule has 0 aliphatic carbocycles. The quantitative estimate of drug-likeness (QED) is 0.547. The Kier molecular flexibility index (Phi) is 6.76. The molecule has 0 aliphatic heterocycles. The summed E-state index contributed by atoms with van der Waals surface area (Å²) < 4.78 is 11.1. The Bertz CT molecular complexity index is 893. The molecule has 0 unspecified atom stereocenters. The number of hydrogen-bond acceptors (Lipinski definition) is 6. The van der Waals surface area contributed by atoms with Crippen LogP contribution in [0.15, 0.2) is 52.3 Å². The van der Waals surface area contributed by atoms with E-state index in [2.05, 4.69) is 29.0 Å². The van der Waals surface area contributed by atoms with Crippen LogP contribution in [0.5, 0.6) is 5.75 Å². The van der Waals surface area contributed by atoms with E-state index >= 15 is 0 Å². The summed E-state index contributed by atoms with van der Waals surface area (Å²) >= 11 is 1.47. The summed E-state index contributed by atoms with van der Waals surface area (Å²) in [7, 11) is 1.64. The fourth-order valence-corrected chi connectivity index (χ4v) is 3.45. The van der Waals surface area contributed by atoms with Gasteiger partial charge in [-0.05, 0) is 35.7 Å². The number of nitrogens with zero attached hydrogens (tertiary/aromatic N) is 3. The van der Waals surface area contributed by atoms with Gasteiger partial charge in [0, 0.05) is 13.1 Å². The van der Waals surface area contributed by atoms with E-state index in [-0.39, 0.29) is 5.91 Å². The zero-order chi connectivity index (χ0) is 19.9. The predicted molar refractivity (Wildman–Crippen MR) is 107 cm³/mol. The number of hydrogen-bond donors (Lipinski definition) is 1. The molecule has 0 fully saturated rings. The van der Waals surface area contributed by atoms with E-state index in [1.165, 1.54) is 18.1 Å². The number of amides is 1. The third-order valence-corrected chi connectivity index (χ3v) is 4.90. The number of benzene rings is 1. The second-order valence-corrected chi connectivity index (χ2v) is 7.74. The Hall–Kier alpha value is -2.74. The summed E-state index contributed by atoms with van der Waals surface area (Å²) in [4.78, 5) is 18.9. The van der Waals surface area contributed by atoms with Crippen molar-refractivity contribution in [3.8, 4) is 5.75 Å². The van der Waals surface area contributed by atoms with Gasteiger partial charge < -0.3 is 14.1 Å². The molecule has 3 rings (SSSR count). The molecule has 2 aromatic heterocycles. The molecule has 1 aromatic carbocycles. The number of ether oxygens (including phenoxy) is 1. The molecular formula is C20H24N4O3S. The van der Waals surface area contributed by atoms with Crippen LogP contribution in [0.1, 0.15) is 35.7 Å². The minimum atomic E-state index is -0.118. The molecule has 0 aliphatic rings. The Morgan fingerprint density at radius 1 is 1.32 bits per heavy atom. The summed E-state index contributed by atoms with van der Waals surface area (Å²) in [5, 5.41) is 7.31. The number of aromatic nitrogens is 3. The Morgan fingerprint density at radius 2 is 2.18 bits per heavy atom. The zero-order valence-corrected chi connectivity index (χ0v) is 17.0. The van der Waals surface area contributed by atoms with E-state index in [9.17, 15) is 4.79 Å². The van der Waals surface area contributed by atoms with Crippen molar-refractivity contribution in [1.82, 2.24) is 20.1 Å². The van der Waals surface area contributed by atoms with E-state index in [0.717, 1.165) is 17.1 Å². The summed E-state index contributed by atoms with van der Waals surface area (Å²) in [5.41, 5.74) is 1.01. The normalized spacial score (nSPS) is 11.0. The number of H-pyrrole nitrogens is 1. The molecule has 0 atom stereocenters. The fourth-order valence-electron chi connectivity index (χ4n) is 2.78. The van der Waals surface area contributed by atoms with Crippen LogP contribution in [-0.2, 0) is 12.3 Å². The van der Waals surface area contributed by atoms with Gasteiger partial charge in [0.2, 0.25) is 0 Å². The Morgan fingerprint density at radius 3 is 2.89 bits per heavy atom. The molecule has 0 saturated heterocycles. The molecule has 0 radical (unpaired) electrons. The minimum Gasteiger partial charge on any atom is -0.497 e. The average molecular weight is 401 g/mol. The zero-order valence-electron chi connectivity index (χ0n) is 16.2. The standard InChI is InChI=1S/C20H24N4O3S/c1-14(2)10-24(11-15-5-4-6-16(9-15)26-3)19(25)18-8-7-17(27-18)12-28-20-21-13-22-23-20/h4-9,13-14H,10-12H2,1-3H3,(H,21,22,23). The predicted octanol–water partition coefficient (Wildman–Crippen LogP) is 4.00. The van der Waals surface area contributed by atoms with Gasteiger partial charge in [-0.3, -0.25) is 9.89 Å². The van der Waals surface area contributed by atoms with Crippen molar-refractivity contribution >= 4 is 17.7 Å². The monoisotopic (exact) mass is 400 g/mol. The van der Waals surface area contributed by atoms with E-state index in [1.54, 1.807) is 13.2 Å². The first-order valence-corrected chi connectivity index (χ1v) is 10.0. The second-order valence-electron chi connectivity index (χ2n) is 6.78. The van der Waals surface area contributed by atoms with Crippen LogP contribution in [0.25, 0.3) is 0 Å². The van der Waals surface area contributed by atoms with E-state index < -0.39 is 0 Å². The summed E-state index contributed by atoms with van der Waals surface area (Å²) in [5.74, 6) is 2.63. The first kappa shape index (κ1) is 20.0. The van der Waals surface area contributed by atoms with Crippen LogP contribution in [0, 0.1) is 5.92 Å². The van der Waals surface area contributed by atoms with Gasteiger partial charge in [0.15, 0.2) is 10.9 Å². The van der Waals surface area contributed by atoms with Gasteiger partial charge in [0.25, 0.3) is 5.91 Å². The number of furan rings is 1. The second kappa shape index (κ2) is 9.45. The molecule has 1 amide bonds. The third kappa shape index (κ3) is 5.39. The lowest BCUT2D eigenvalue weighted by molar-refractivity contribution is 0.0688. The van der Waals surface area contributed by atoms with Gasteiger partial charge in [-0.15, -0.1) is 0 Å². The maximum absolute atomic E-state index is 13.1. The lowest BCUT2D eigenvalue weighted by Crippen LogP contribution is -2.33. The van der Waals surface area contributed by atoms with E-state index in [0.29, 0.717) is 35.7 Å². The van der Waals surface area contributed by atoms with Crippen LogP contribution < -0.4 is 4.74 Å². The number of aromatic amines is 1. The molecule has 0 spiro atoms. The number of carbonyl (C=O) groups is 1. The maximum atomic E-state index is 13.1. The molecule has 0 bridgehead atoms. The van der Waals surface area contributed by atoms with Crippen molar-refractivity contribution in [2.24, 2.45) is 5.92 Å². The number of carbonyl (C=O) groups excluding carboxylic acids is 1. The van der Waals surface area contributed by atoms with Crippen LogP contribution in [0.2, 0.25) is 0 Å². The van der Waals surface area contributed by atoms with Crippen molar-refractivity contribution in [2.75, 3.05) is 13.7 Å². The van der Waals surface area contributed by atoms with Gasteiger partial charge in [-0.2, -0.15) is 5.10 Å². The highest BCUT2D eigenvalue weighted by molar-refractivity contribution is 7.98. The van der Waals surface area contributed by atoms with Crippen molar-refractivity contribution < 1.29 is 13.9 Å². The van der Waals surface area contributed by atoms with Crippen molar-refractivity contribution in [1.29, 1.82) is 0 Å². The Balaban J connectivity index is 1.70. The maximum Gasteiger partial charge on any atom is 0.289 e. The van der Waals surface area contributed by atoms with Gasteiger partial charge in [0.1, 0.15) is 17.8 Å². The van der Waals surface area contributed by atoms with Crippen LogP contribution in [0.4, 0.5) is 0 Å². The van der Waals surface area contributed by atoms with Gasteiger partial charge >= 0.3 is 0 Å². The summed E-state index contributed by atoms with van der Waals surface area (Å²) in [6.45, 7) is 5.32. The SMILES string of the molecule is COc1cccc(CN(CC(C)C)C(=O)c2ccc(CSc3ncn[nH]3)o2)c1. The lowest BCUT2D eigenvalue weighted by atomic mass is 10.1. The van der Waals surface area contributed by atoms with Crippen LogP contribution in [0.3, 0.4) is 0 Å². The van der Waals surface area contributed by atoms with Gasteiger partial charge in [-0.25, -0.2) is 4.98 Å². The van der Waals surface area contributed by atoms with E-state index in [4.69, 9.17) is 9.15 Å². The average Bonchev–Trinajstić information content (AvgIpc) is 3.37. The minimum absolute atomic E-state index is 0.118. The molecule has 8 heteroatoms. The summed E-state index contributed by atoms with van der Waals surface area (Å²) in [6, 6.07) is 11.3. The number of thioether (sulfide) groups is 1. The molecule has 3 aromatic rings. The molecule has 1 N–H and O–H groups in total. The molecule has 0 saturated carbocycles. The van der Waals surface area contributed by atoms with E-state index in [1.807, 2.05) is 35.2 Å². The molecule has 28 heavy (non-hydrogen) atoms. The van der Waals surface area contributed by atoms with Crippen molar-refractivity contribution in [2.45, 2.75) is 31.3 Å². The molecular weight excluding hydrogens is 376 g/mol. The Labute approximate surface area is 168 Å². The first-order valence-electron chi connectivity index (χ1n) is 9.04. The number of nitrogens with one attached hydrogen (secondary N) is 1. The van der Waals surface area contributed by atoms with Crippen molar-refractivity contribution in [3.05, 3.63) is 59.8 Å². The highest BCUT2D eigenvalue weighted by atomic mass is 32.2. The largest absolute Gasteiger partial charge is 0.497 e. The smallest absolute Gasteiger partial charge is 0.289 e. The fraction of sp³-hybridized carbons (Fsp3) is 0.350. The van der Waals surface area contributed by atoms with Crippen LogP contribution in [-0.4, -0.2) is 39.6 Å². The van der Waals surface area contributed by atoms with Gasteiger partial charge in [0.05, 0.1) is 12.9 Å². The van der Waals surface area contributed by atoms with Crippen LogP contribution >= 0.6 is 11.8 Å². The summed E-state index contributed by atoms with van der Waals surface area (Å²) in [6.07, 6.45) is 1.46. The van der Waals surface area contributed by atoms with Crippen molar-refractivity contribution in [3.63, 3.8) is 0 Å². The van der Waals surface area contributed by atoms with Gasteiger partial charge in [-0.1, -0.05) is 37.7 Å². The topological polar surface area (TPSA) is 84.2 Å².